The van der Waals surface area contributed by atoms with Crippen LogP contribution in [0.5, 0.6) is 0 Å². The maximum atomic E-state index is 13.7. The lowest BCUT2D eigenvalue weighted by Gasteiger charge is -2.40. The van der Waals surface area contributed by atoms with Crippen LogP contribution < -0.4 is 9.62 Å². The molecule has 4 saturated carbocycles. The van der Waals surface area contributed by atoms with Gasteiger partial charge in [0.05, 0.1) is 30.6 Å². The Kier molecular flexibility index (Phi) is 5.19. The molecule has 182 valence electrons. The van der Waals surface area contributed by atoms with E-state index in [0.29, 0.717) is 36.6 Å². The number of nitriles is 1. The van der Waals surface area contributed by atoms with E-state index in [0.717, 1.165) is 31.4 Å². The van der Waals surface area contributed by atoms with Crippen LogP contribution in [0.3, 0.4) is 0 Å². The molecular weight excluding hydrogens is 455 g/mol. The number of halogens is 1. The minimum Gasteiger partial charge on any atom is -0.323 e. The van der Waals surface area contributed by atoms with Gasteiger partial charge < -0.3 is 10.2 Å². The molecule has 2 aliphatic heterocycles. The van der Waals surface area contributed by atoms with E-state index in [9.17, 15) is 22.9 Å². The van der Waals surface area contributed by atoms with Gasteiger partial charge in [0.25, 0.3) is 0 Å². The summed E-state index contributed by atoms with van der Waals surface area (Å²) in [4.78, 5) is 14.2. The first-order valence-corrected chi connectivity index (χ1v) is 14.1. The molecule has 0 spiro atoms. The molecule has 34 heavy (non-hydrogen) atoms. The number of alkyl halides is 1. The lowest BCUT2D eigenvalue weighted by Crippen LogP contribution is -2.52. The van der Waals surface area contributed by atoms with Crippen LogP contribution in [0.15, 0.2) is 24.3 Å². The number of hydrogen-bond acceptors (Lipinski definition) is 5. The van der Waals surface area contributed by atoms with Crippen molar-refractivity contribution in [2.75, 3.05) is 29.7 Å². The van der Waals surface area contributed by atoms with E-state index < -0.39 is 22.2 Å². The molecule has 7 rings (SSSR count). The summed E-state index contributed by atoms with van der Waals surface area (Å²) in [5.41, 5.74) is 2.03. The number of carbonyl (C=O) groups excluding carboxylic acids is 1. The van der Waals surface area contributed by atoms with Crippen LogP contribution in [0.4, 0.5) is 10.1 Å². The highest BCUT2D eigenvalue weighted by Crippen LogP contribution is 2.65. The van der Waals surface area contributed by atoms with Crippen molar-refractivity contribution in [1.29, 1.82) is 5.26 Å². The molecule has 7 nitrogen and oxygen atoms in total. The second-order valence-electron chi connectivity index (χ2n) is 11.0. The van der Waals surface area contributed by atoms with Gasteiger partial charge in [-0.05, 0) is 73.5 Å². The molecule has 1 amide bonds. The number of likely N-dealkylation sites (tertiary alicyclic amines) is 1. The normalized spacial score (nSPS) is 39.6. The van der Waals surface area contributed by atoms with E-state index in [1.807, 2.05) is 12.1 Å². The molecule has 0 radical (unpaired) electrons. The number of benzene rings is 1. The monoisotopic (exact) mass is 486 g/mol. The standard InChI is InChI=1S/C25H31FN4O3S/c26-20-10-22(13-27)29(15-20)23(31)14-28-25-11-17-8-19(25)9-18(12-25)24(17)16-2-4-21(5-3-16)30-6-1-7-34(30,32)33/h2-5,17-20,22,24,28H,1,6-12,14-15H2/t17?,18?,19?,20-,22-,24?,25?/m0/s1. The third-order valence-corrected chi connectivity index (χ3v) is 11.1. The molecule has 2 unspecified atom stereocenters. The number of rotatable bonds is 5. The van der Waals surface area contributed by atoms with Crippen LogP contribution in [0.25, 0.3) is 0 Å². The predicted molar refractivity (Wildman–Crippen MR) is 125 cm³/mol. The van der Waals surface area contributed by atoms with Gasteiger partial charge in [-0.15, -0.1) is 0 Å². The molecule has 1 aromatic rings. The van der Waals surface area contributed by atoms with Gasteiger partial charge in [-0.1, -0.05) is 12.1 Å². The molecular formula is C25H31FN4O3S. The van der Waals surface area contributed by atoms with E-state index in [1.165, 1.54) is 14.8 Å². The Bertz CT molecular complexity index is 1120. The van der Waals surface area contributed by atoms with Crippen molar-refractivity contribution in [3.05, 3.63) is 29.8 Å². The Hall–Kier alpha value is -2.18. The summed E-state index contributed by atoms with van der Waals surface area (Å²) in [6.07, 6.45) is 4.03. The molecule has 4 atom stereocenters. The first-order chi connectivity index (χ1) is 16.3. The highest BCUT2D eigenvalue weighted by atomic mass is 32.2. The molecule has 1 N–H and O–H groups in total. The molecule has 2 heterocycles. The lowest BCUT2D eigenvalue weighted by atomic mass is 9.68. The Labute approximate surface area is 200 Å². The fourth-order valence-corrected chi connectivity index (χ4v) is 9.46. The van der Waals surface area contributed by atoms with Gasteiger partial charge in [0, 0.05) is 18.5 Å². The number of anilines is 1. The van der Waals surface area contributed by atoms with Crippen molar-refractivity contribution in [3.63, 3.8) is 0 Å². The van der Waals surface area contributed by atoms with Gasteiger partial charge in [-0.3, -0.25) is 9.10 Å². The minimum absolute atomic E-state index is 0.0250. The van der Waals surface area contributed by atoms with Crippen molar-refractivity contribution in [3.8, 4) is 6.07 Å². The summed E-state index contributed by atoms with van der Waals surface area (Å²) in [7, 11) is -3.17. The third kappa shape index (κ3) is 3.44. The maximum absolute atomic E-state index is 13.7. The van der Waals surface area contributed by atoms with E-state index in [2.05, 4.69) is 23.5 Å². The van der Waals surface area contributed by atoms with Gasteiger partial charge in [-0.2, -0.15) is 5.26 Å². The van der Waals surface area contributed by atoms with Crippen molar-refractivity contribution >= 4 is 21.6 Å². The molecule has 6 fully saturated rings. The van der Waals surface area contributed by atoms with Crippen LogP contribution >= 0.6 is 0 Å². The van der Waals surface area contributed by atoms with Gasteiger partial charge >= 0.3 is 0 Å². The Balaban J connectivity index is 1.12. The summed E-state index contributed by atoms with van der Waals surface area (Å²) in [5, 5.41) is 12.8. The van der Waals surface area contributed by atoms with E-state index in [1.54, 1.807) is 0 Å². The first-order valence-electron chi connectivity index (χ1n) is 12.5. The minimum atomic E-state index is -3.17. The SMILES string of the molecule is N#C[C@@H]1C[C@H](F)CN1C(=O)CNC12CC3CC1CC(C2)C3c1ccc(N2CCCS2(=O)=O)cc1. The first kappa shape index (κ1) is 22.3. The number of nitrogens with one attached hydrogen (secondary N) is 1. The third-order valence-electron chi connectivity index (χ3n) is 9.20. The molecule has 4 aliphatic carbocycles. The lowest BCUT2D eigenvalue weighted by molar-refractivity contribution is -0.130. The van der Waals surface area contributed by atoms with Crippen molar-refractivity contribution in [2.24, 2.45) is 17.8 Å². The molecule has 9 heteroatoms. The van der Waals surface area contributed by atoms with E-state index in [-0.39, 0.29) is 36.7 Å². The maximum Gasteiger partial charge on any atom is 0.237 e. The molecule has 4 bridgehead atoms. The summed E-state index contributed by atoms with van der Waals surface area (Å²) in [5.74, 6) is 2.19. The number of carbonyl (C=O) groups is 1. The zero-order valence-corrected chi connectivity index (χ0v) is 20.0. The zero-order valence-electron chi connectivity index (χ0n) is 19.2. The quantitative estimate of drug-likeness (QED) is 0.691. The second-order valence-corrected chi connectivity index (χ2v) is 13.0. The fraction of sp³-hybridized carbons (Fsp3) is 0.680. The van der Waals surface area contributed by atoms with E-state index in [4.69, 9.17) is 0 Å². The smallest absolute Gasteiger partial charge is 0.237 e. The highest BCUT2D eigenvalue weighted by Gasteiger charge is 2.61. The molecule has 2 saturated heterocycles. The number of hydrogen-bond donors (Lipinski definition) is 1. The van der Waals surface area contributed by atoms with Crippen molar-refractivity contribution in [1.82, 2.24) is 10.2 Å². The fourth-order valence-electron chi connectivity index (χ4n) is 7.89. The average molecular weight is 487 g/mol. The molecule has 0 aromatic heterocycles. The largest absolute Gasteiger partial charge is 0.323 e. The Morgan fingerprint density at radius 3 is 2.50 bits per heavy atom. The van der Waals surface area contributed by atoms with Crippen molar-refractivity contribution < 1.29 is 17.6 Å². The van der Waals surface area contributed by atoms with Crippen LogP contribution in [-0.4, -0.2) is 62.4 Å². The predicted octanol–water partition coefficient (Wildman–Crippen LogP) is 2.55. The van der Waals surface area contributed by atoms with Crippen LogP contribution in [-0.2, 0) is 14.8 Å². The van der Waals surface area contributed by atoms with Gasteiger partial charge in [0.2, 0.25) is 15.9 Å². The second kappa shape index (κ2) is 7.92. The van der Waals surface area contributed by atoms with Gasteiger partial charge in [0.1, 0.15) is 12.2 Å². The average Bonchev–Trinajstić information content (AvgIpc) is 3.51. The zero-order chi connectivity index (χ0) is 23.7. The Morgan fingerprint density at radius 1 is 1.18 bits per heavy atom. The van der Waals surface area contributed by atoms with Crippen LogP contribution in [0.1, 0.15) is 50.0 Å². The summed E-state index contributed by atoms with van der Waals surface area (Å²) in [6.45, 7) is 0.755. The van der Waals surface area contributed by atoms with Crippen LogP contribution in [0, 0.1) is 29.1 Å². The number of amides is 1. The van der Waals surface area contributed by atoms with Gasteiger partial charge in [-0.25, -0.2) is 12.8 Å². The molecule has 1 aromatic carbocycles. The molecule has 6 aliphatic rings. The highest BCUT2D eigenvalue weighted by molar-refractivity contribution is 7.93. The topological polar surface area (TPSA) is 93.5 Å². The summed E-state index contributed by atoms with van der Waals surface area (Å²) >= 11 is 0. The van der Waals surface area contributed by atoms with E-state index >= 15 is 0 Å². The van der Waals surface area contributed by atoms with Crippen LogP contribution in [0.2, 0.25) is 0 Å². The Morgan fingerprint density at radius 2 is 1.88 bits per heavy atom. The number of nitrogens with zero attached hydrogens (tertiary/aromatic N) is 3. The van der Waals surface area contributed by atoms with Gasteiger partial charge in [0.15, 0.2) is 0 Å². The number of sulfonamides is 1. The van der Waals surface area contributed by atoms with Crippen molar-refractivity contribution in [2.45, 2.75) is 62.2 Å². The summed E-state index contributed by atoms with van der Waals surface area (Å²) in [6, 6.07) is 9.57. The summed E-state index contributed by atoms with van der Waals surface area (Å²) < 4.78 is 39.8.